The predicted molar refractivity (Wildman–Crippen MR) is 79.5 cm³/mol. The van der Waals surface area contributed by atoms with Crippen LogP contribution in [0.3, 0.4) is 0 Å². The highest BCUT2D eigenvalue weighted by atomic mass is 32.2. The summed E-state index contributed by atoms with van der Waals surface area (Å²) >= 11 is 0. The van der Waals surface area contributed by atoms with Gasteiger partial charge in [-0.05, 0) is 43.3 Å². The topological polar surface area (TPSA) is 85.9 Å². The standard InChI is InChI=1S/C15H12FN3O3S/c1-10(23(20,21)13-4-2-12(16)3-5-13)15-18-14(19-22-15)11-6-8-17-9-7-11/h2-10H,1H3/t10-/m1/s1. The molecule has 2 heterocycles. The van der Waals surface area contributed by atoms with Crippen molar-refractivity contribution in [1.82, 2.24) is 15.1 Å². The lowest BCUT2D eigenvalue weighted by Gasteiger charge is -2.08. The molecule has 3 aromatic rings. The van der Waals surface area contributed by atoms with Gasteiger partial charge in [0.25, 0.3) is 0 Å². The lowest BCUT2D eigenvalue weighted by atomic mass is 10.2. The molecule has 1 aromatic carbocycles. The van der Waals surface area contributed by atoms with Crippen LogP contribution in [0.4, 0.5) is 4.39 Å². The molecule has 0 aliphatic carbocycles. The Labute approximate surface area is 131 Å². The van der Waals surface area contributed by atoms with E-state index in [1.54, 1.807) is 24.5 Å². The maximum atomic E-state index is 12.9. The van der Waals surface area contributed by atoms with Crippen LogP contribution in [-0.2, 0) is 9.84 Å². The molecule has 118 valence electrons. The lowest BCUT2D eigenvalue weighted by Crippen LogP contribution is -2.11. The largest absolute Gasteiger partial charge is 0.338 e. The van der Waals surface area contributed by atoms with Crippen molar-refractivity contribution >= 4 is 9.84 Å². The highest BCUT2D eigenvalue weighted by Crippen LogP contribution is 2.28. The Morgan fingerprint density at radius 1 is 1.09 bits per heavy atom. The molecule has 0 amide bonds. The first kappa shape index (κ1) is 15.3. The number of sulfone groups is 1. The fraction of sp³-hybridized carbons (Fsp3) is 0.133. The number of pyridine rings is 1. The van der Waals surface area contributed by atoms with Crippen LogP contribution < -0.4 is 0 Å². The fourth-order valence-electron chi connectivity index (χ4n) is 1.98. The molecule has 0 unspecified atom stereocenters. The first-order chi connectivity index (χ1) is 11.0. The number of hydrogen-bond donors (Lipinski definition) is 0. The first-order valence-electron chi connectivity index (χ1n) is 6.72. The van der Waals surface area contributed by atoms with E-state index < -0.39 is 20.9 Å². The maximum absolute atomic E-state index is 12.9. The van der Waals surface area contributed by atoms with Gasteiger partial charge in [0.05, 0.1) is 4.90 Å². The van der Waals surface area contributed by atoms with E-state index in [0.717, 1.165) is 12.1 Å². The van der Waals surface area contributed by atoms with E-state index in [4.69, 9.17) is 4.52 Å². The van der Waals surface area contributed by atoms with E-state index in [1.807, 2.05) is 0 Å². The smallest absolute Gasteiger partial charge is 0.245 e. The monoisotopic (exact) mass is 333 g/mol. The summed E-state index contributed by atoms with van der Waals surface area (Å²) in [5.74, 6) is -0.251. The summed E-state index contributed by atoms with van der Waals surface area (Å²) in [5.41, 5.74) is 0.668. The minimum absolute atomic E-state index is 0.00457. The van der Waals surface area contributed by atoms with Crippen molar-refractivity contribution < 1.29 is 17.3 Å². The molecular formula is C15H12FN3O3S. The van der Waals surface area contributed by atoms with Crippen LogP contribution in [0.15, 0.2) is 58.2 Å². The Bertz CT molecular complexity index is 909. The number of rotatable bonds is 4. The lowest BCUT2D eigenvalue weighted by molar-refractivity contribution is 0.377. The van der Waals surface area contributed by atoms with Crippen LogP contribution in [-0.4, -0.2) is 23.5 Å². The number of halogens is 1. The molecule has 0 aliphatic rings. The maximum Gasteiger partial charge on any atom is 0.245 e. The zero-order valence-electron chi connectivity index (χ0n) is 12.0. The third-order valence-electron chi connectivity index (χ3n) is 3.34. The van der Waals surface area contributed by atoms with Gasteiger partial charge in [-0.3, -0.25) is 4.98 Å². The highest BCUT2D eigenvalue weighted by Gasteiger charge is 2.30. The number of nitrogens with zero attached hydrogens (tertiary/aromatic N) is 3. The van der Waals surface area contributed by atoms with Crippen LogP contribution in [0, 0.1) is 5.82 Å². The molecule has 0 bridgehead atoms. The predicted octanol–water partition coefficient (Wildman–Crippen LogP) is 2.81. The summed E-state index contributed by atoms with van der Waals surface area (Å²) in [6.45, 7) is 1.45. The van der Waals surface area contributed by atoms with Gasteiger partial charge in [-0.15, -0.1) is 0 Å². The van der Waals surface area contributed by atoms with Crippen LogP contribution in [0.25, 0.3) is 11.4 Å². The minimum atomic E-state index is -3.75. The fourth-order valence-corrected chi connectivity index (χ4v) is 3.26. The van der Waals surface area contributed by atoms with Gasteiger partial charge >= 0.3 is 0 Å². The van der Waals surface area contributed by atoms with Crippen molar-refractivity contribution in [3.63, 3.8) is 0 Å². The molecule has 1 atom stereocenters. The second kappa shape index (κ2) is 5.88. The molecule has 0 N–H and O–H groups in total. The molecule has 23 heavy (non-hydrogen) atoms. The van der Waals surface area contributed by atoms with Crippen LogP contribution in [0.1, 0.15) is 18.1 Å². The van der Waals surface area contributed by atoms with Crippen molar-refractivity contribution in [2.24, 2.45) is 0 Å². The molecule has 0 saturated heterocycles. The Kier molecular flexibility index (Phi) is 3.91. The Hall–Kier alpha value is -2.61. The Balaban J connectivity index is 1.93. The molecule has 6 nitrogen and oxygen atoms in total. The quantitative estimate of drug-likeness (QED) is 0.682. The summed E-state index contributed by atoms with van der Waals surface area (Å²) < 4.78 is 43.1. The van der Waals surface area contributed by atoms with E-state index in [-0.39, 0.29) is 16.6 Å². The summed E-state index contributed by atoms with van der Waals surface area (Å²) in [4.78, 5) is 8.01. The van der Waals surface area contributed by atoms with Crippen LogP contribution in [0.5, 0.6) is 0 Å². The minimum Gasteiger partial charge on any atom is -0.338 e. The van der Waals surface area contributed by atoms with Crippen molar-refractivity contribution in [1.29, 1.82) is 0 Å². The average molecular weight is 333 g/mol. The molecule has 2 aromatic heterocycles. The van der Waals surface area contributed by atoms with E-state index in [9.17, 15) is 12.8 Å². The third kappa shape index (κ3) is 2.98. The van der Waals surface area contributed by atoms with Crippen molar-refractivity contribution in [3.8, 4) is 11.4 Å². The first-order valence-corrected chi connectivity index (χ1v) is 8.26. The molecule has 8 heteroatoms. The van der Waals surface area contributed by atoms with Gasteiger partial charge in [0.15, 0.2) is 9.84 Å². The van der Waals surface area contributed by atoms with Crippen molar-refractivity contribution in [2.45, 2.75) is 17.1 Å². The van der Waals surface area contributed by atoms with Gasteiger partial charge in [0.1, 0.15) is 11.1 Å². The zero-order valence-corrected chi connectivity index (χ0v) is 12.9. The van der Waals surface area contributed by atoms with E-state index in [0.29, 0.717) is 5.56 Å². The normalized spacial score (nSPS) is 13.0. The van der Waals surface area contributed by atoms with Gasteiger partial charge in [-0.25, -0.2) is 12.8 Å². The van der Waals surface area contributed by atoms with Crippen LogP contribution in [0.2, 0.25) is 0 Å². The molecule has 0 saturated carbocycles. The number of benzene rings is 1. The summed E-state index contributed by atoms with van der Waals surface area (Å²) in [6, 6.07) is 7.98. The zero-order chi connectivity index (χ0) is 16.4. The summed E-state index contributed by atoms with van der Waals surface area (Å²) in [7, 11) is -3.75. The van der Waals surface area contributed by atoms with Gasteiger partial charge in [-0.1, -0.05) is 5.16 Å². The Morgan fingerprint density at radius 2 is 1.74 bits per heavy atom. The highest BCUT2D eigenvalue weighted by molar-refractivity contribution is 7.91. The van der Waals surface area contributed by atoms with Crippen molar-refractivity contribution in [3.05, 3.63) is 60.5 Å². The molecule has 3 rings (SSSR count). The van der Waals surface area contributed by atoms with Gasteiger partial charge in [0.2, 0.25) is 11.7 Å². The molecule has 0 radical (unpaired) electrons. The summed E-state index contributed by atoms with van der Waals surface area (Å²) in [6.07, 6.45) is 3.15. The molecular weight excluding hydrogens is 321 g/mol. The second-order valence-electron chi connectivity index (χ2n) is 4.83. The van der Waals surface area contributed by atoms with Gasteiger partial charge in [-0.2, -0.15) is 4.98 Å². The van der Waals surface area contributed by atoms with E-state index in [1.165, 1.54) is 19.1 Å². The molecule has 0 fully saturated rings. The molecule has 0 aliphatic heterocycles. The Morgan fingerprint density at radius 3 is 2.39 bits per heavy atom. The van der Waals surface area contributed by atoms with E-state index in [2.05, 4.69) is 15.1 Å². The van der Waals surface area contributed by atoms with E-state index >= 15 is 0 Å². The summed E-state index contributed by atoms with van der Waals surface area (Å²) in [5, 5.41) is 2.75. The number of hydrogen-bond acceptors (Lipinski definition) is 6. The number of aromatic nitrogens is 3. The second-order valence-corrected chi connectivity index (χ2v) is 7.10. The average Bonchev–Trinajstić information content (AvgIpc) is 3.05. The van der Waals surface area contributed by atoms with Gasteiger partial charge < -0.3 is 4.52 Å². The van der Waals surface area contributed by atoms with Gasteiger partial charge in [0, 0.05) is 18.0 Å². The van der Waals surface area contributed by atoms with Crippen LogP contribution >= 0.6 is 0 Å². The molecule has 0 spiro atoms. The third-order valence-corrected chi connectivity index (χ3v) is 5.40. The van der Waals surface area contributed by atoms with Crippen molar-refractivity contribution in [2.75, 3.05) is 0 Å². The SMILES string of the molecule is C[C@H](c1nc(-c2ccncc2)no1)S(=O)(=O)c1ccc(F)cc1.